The smallest absolute Gasteiger partial charge is 0.348 e. The summed E-state index contributed by atoms with van der Waals surface area (Å²) in [7, 11) is 0. The molecule has 174 valence electrons. The molecular weight excluding hydrogens is 466 g/mol. The van der Waals surface area contributed by atoms with Crippen LogP contribution in [0.4, 0.5) is 0 Å². The fourth-order valence-corrected chi connectivity index (χ4v) is 1.55. The zero-order valence-electron chi connectivity index (χ0n) is 17.3. The van der Waals surface area contributed by atoms with Crippen LogP contribution in [0, 0.1) is 30.3 Å². The molecule has 31 heavy (non-hydrogen) atoms. The molecule has 0 unspecified atom stereocenters. The van der Waals surface area contributed by atoms with E-state index in [9.17, 15) is 44.7 Å². The summed E-state index contributed by atoms with van der Waals surface area (Å²) >= 11 is 0. The molecule has 15 nitrogen and oxygen atoms in total. The SMILES string of the molecule is CC(=O)/C(=C(/C)O)[N+](=O)[O-].CC(=O)/C(=C(/C)O)[N+](=O)[O-].CC(=O)/C(=C(/C)O)[N+](=O)[O-].[Cr]. The summed E-state index contributed by atoms with van der Waals surface area (Å²) in [6.45, 7) is 6.37. The normalized spacial score (nSPS) is 11.8. The van der Waals surface area contributed by atoms with Gasteiger partial charge in [-0.25, -0.2) is 0 Å². The van der Waals surface area contributed by atoms with Crippen LogP contribution in [0.2, 0.25) is 0 Å². The van der Waals surface area contributed by atoms with Crippen LogP contribution in [0.25, 0.3) is 0 Å². The number of aliphatic hydroxyl groups is 3. The predicted octanol–water partition coefficient (Wildman–Crippen LogP) is 1.92. The second-order valence-electron chi connectivity index (χ2n) is 5.24. The van der Waals surface area contributed by atoms with Gasteiger partial charge in [-0.15, -0.1) is 0 Å². The molecule has 0 fully saturated rings. The third kappa shape index (κ3) is 14.9. The summed E-state index contributed by atoms with van der Waals surface area (Å²) in [6, 6.07) is 0. The van der Waals surface area contributed by atoms with Crippen molar-refractivity contribution >= 4 is 17.3 Å². The van der Waals surface area contributed by atoms with Crippen LogP contribution >= 0.6 is 0 Å². The fourth-order valence-electron chi connectivity index (χ4n) is 1.55. The van der Waals surface area contributed by atoms with Crippen molar-refractivity contribution in [3.63, 3.8) is 0 Å². The van der Waals surface area contributed by atoms with E-state index in [2.05, 4.69) is 0 Å². The van der Waals surface area contributed by atoms with E-state index < -0.39 is 66.5 Å². The van der Waals surface area contributed by atoms with E-state index in [1.165, 1.54) is 0 Å². The number of allylic oxidation sites excluding steroid dienone is 6. The van der Waals surface area contributed by atoms with Crippen LogP contribution in [-0.4, -0.2) is 47.4 Å². The van der Waals surface area contributed by atoms with Crippen molar-refractivity contribution in [3.05, 3.63) is 64.7 Å². The number of ketones is 3. The molecule has 0 aliphatic heterocycles. The number of rotatable bonds is 6. The molecule has 0 rings (SSSR count). The number of Topliss-reactive ketones (excluding diaryl/α,β-unsaturated/α-hetero) is 3. The Morgan fingerprint density at radius 3 is 0.645 bits per heavy atom. The quantitative estimate of drug-likeness (QED) is 0.210. The Balaban J connectivity index is -0.000000174. The Morgan fingerprint density at radius 2 is 0.645 bits per heavy atom. The monoisotopic (exact) mass is 487 g/mol. The van der Waals surface area contributed by atoms with Gasteiger partial charge in [0.25, 0.3) is 0 Å². The van der Waals surface area contributed by atoms with Crippen LogP contribution in [0.15, 0.2) is 34.4 Å². The summed E-state index contributed by atoms with van der Waals surface area (Å²) in [5, 5.41) is 55.6. The van der Waals surface area contributed by atoms with Crippen LogP contribution in [0.5, 0.6) is 0 Å². The maximum absolute atomic E-state index is 10.4. The van der Waals surface area contributed by atoms with E-state index in [0.29, 0.717) is 0 Å². The number of hydrogen-bond acceptors (Lipinski definition) is 12. The Hall–Kier alpha value is -3.64. The number of nitro groups is 3. The molecule has 0 atom stereocenters. The van der Waals surface area contributed by atoms with E-state index in [0.717, 1.165) is 41.5 Å². The average Bonchev–Trinajstić information content (AvgIpc) is 2.43. The molecule has 16 heteroatoms. The first-order chi connectivity index (χ1) is 13.4. The maximum Gasteiger partial charge on any atom is 0.348 e. The summed E-state index contributed by atoms with van der Waals surface area (Å²) in [6.07, 6.45) is 0. The molecule has 0 aromatic rings. The van der Waals surface area contributed by atoms with Gasteiger partial charge in [0.15, 0.2) is 17.3 Å². The standard InChI is InChI=1S/3C5H7NO4.Cr/c3*1-3(7)5(4(2)8)6(9)10;/h3*7H,1-2H3;/b3*5-3+;. The third-order valence-corrected chi connectivity index (χ3v) is 2.58. The first kappa shape index (κ1) is 34.8. The van der Waals surface area contributed by atoms with E-state index in [-0.39, 0.29) is 17.4 Å². The minimum Gasteiger partial charge on any atom is -0.506 e. The van der Waals surface area contributed by atoms with Crippen molar-refractivity contribution in [1.29, 1.82) is 0 Å². The van der Waals surface area contributed by atoms with Crippen molar-refractivity contribution in [2.75, 3.05) is 0 Å². The second kappa shape index (κ2) is 16.2. The van der Waals surface area contributed by atoms with Crippen molar-refractivity contribution < 1.29 is 61.8 Å². The van der Waals surface area contributed by atoms with Gasteiger partial charge < -0.3 is 15.3 Å². The average molecular weight is 487 g/mol. The van der Waals surface area contributed by atoms with Gasteiger partial charge in [-0.2, -0.15) is 0 Å². The first-order valence-corrected chi connectivity index (χ1v) is 7.55. The predicted molar refractivity (Wildman–Crippen MR) is 99.0 cm³/mol. The molecule has 0 aliphatic rings. The summed E-state index contributed by atoms with van der Waals surface area (Å²) < 4.78 is 0. The Kier molecular flexibility index (Phi) is 18.2. The summed E-state index contributed by atoms with van der Waals surface area (Å²) in [4.78, 5) is 58.2. The van der Waals surface area contributed by atoms with Crippen LogP contribution in [-0.2, 0) is 31.7 Å². The van der Waals surface area contributed by atoms with Gasteiger partial charge >= 0.3 is 17.1 Å². The van der Waals surface area contributed by atoms with Crippen LogP contribution < -0.4 is 0 Å². The summed E-state index contributed by atoms with van der Waals surface area (Å²) in [5.41, 5.74) is -2.25. The van der Waals surface area contributed by atoms with Gasteiger partial charge in [0.05, 0.1) is 14.8 Å². The topological polar surface area (TPSA) is 241 Å². The van der Waals surface area contributed by atoms with Gasteiger partial charge in [0.1, 0.15) is 0 Å². The minimum atomic E-state index is -0.905. The number of carbonyl (C=O) groups excluding carboxylic acids is 3. The fraction of sp³-hybridized carbons (Fsp3) is 0.400. The molecule has 0 aliphatic carbocycles. The molecule has 0 aromatic carbocycles. The van der Waals surface area contributed by atoms with Crippen LogP contribution in [0.1, 0.15) is 41.5 Å². The molecule has 0 heterocycles. The minimum absolute atomic E-state index is 0. The summed E-state index contributed by atoms with van der Waals surface area (Å²) in [5.74, 6) is -3.91. The Labute approximate surface area is 185 Å². The molecule has 0 saturated carbocycles. The molecule has 0 spiro atoms. The molecule has 0 amide bonds. The Bertz CT molecular complexity index is 673. The molecule has 0 radical (unpaired) electrons. The zero-order chi connectivity index (χ0) is 24.9. The molecule has 0 aromatic heterocycles. The van der Waals surface area contributed by atoms with Gasteiger partial charge in [-0.05, 0) is 0 Å². The van der Waals surface area contributed by atoms with E-state index in [4.69, 9.17) is 15.3 Å². The van der Waals surface area contributed by atoms with Gasteiger partial charge in [-0.3, -0.25) is 44.7 Å². The molecule has 3 N–H and O–H groups in total. The maximum atomic E-state index is 10.4. The molecule has 0 saturated heterocycles. The van der Waals surface area contributed by atoms with Crippen molar-refractivity contribution in [3.8, 4) is 0 Å². The first-order valence-electron chi connectivity index (χ1n) is 7.55. The third-order valence-electron chi connectivity index (χ3n) is 2.58. The number of nitrogens with zero attached hydrogens (tertiary/aromatic N) is 3. The number of aliphatic hydroxyl groups excluding tert-OH is 3. The van der Waals surface area contributed by atoms with Gasteiger partial charge in [-0.1, -0.05) is 0 Å². The molecule has 0 bridgehead atoms. The zero-order valence-corrected chi connectivity index (χ0v) is 18.5. The van der Waals surface area contributed by atoms with Crippen molar-refractivity contribution in [2.24, 2.45) is 0 Å². The van der Waals surface area contributed by atoms with Gasteiger partial charge in [0, 0.05) is 58.9 Å². The number of carbonyl (C=O) groups is 3. The largest absolute Gasteiger partial charge is 0.506 e. The van der Waals surface area contributed by atoms with Gasteiger partial charge in [0.2, 0.25) is 17.3 Å². The van der Waals surface area contributed by atoms with Crippen molar-refractivity contribution in [2.45, 2.75) is 41.5 Å². The second-order valence-corrected chi connectivity index (χ2v) is 5.24. The van der Waals surface area contributed by atoms with Crippen LogP contribution in [0.3, 0.4) is 0 Å². The number of hydrogen-bond donors (Lipinski definition) is 3. The van der Waals surface area contributed by atoms with E-state index >= 15 is 0 Å². The van der Waals surface area contributed by atoms with E-state index in [1.54, 1.807) is 0 Å². The molecular formula is C15H21CrN3O12. The van der Waals surface area contributed by atoms with E-state index in [1.807, 2.05) is 0 Å². The van der Waals surface area contributed by atoms with Crippen molar-refractivity contribution in [1.82, 2.24) is 0 Å². The Morgan fingerprint density at radius 1 is 0.516 bits per heavy atom.